The molecule has 1 aliphatic rings. The Morgan fingerprint density at radius 1 is 1.36 bits per heavy atom. The zero-order valence-electron chi connectivity index (χ0n) is 13.1. The Morgan fingerprint density at radius 3 is 2.64 bits per heavy atom. The molecule has 1 saturated heterocycles. The normalized spacial score (nSPS) is 18.9. The van der Waals surface area contributed by atoms with Crippen LogP contribution >= 0.6 is 0 Å². The van der Waals surface area contributed by atoms with E-state index in [0.717, 1.165) is 6.42 Å². The average Bonchev–Trinajstić information content (AvgIpc) is 2.47. The van der Waals surface area contributed by atoms with Crippen LogP contribution in [0.3, 0.4) is 0 Å². The van der Waals surface area contributed by atoms with Crippen LogP contribution in [0.5, 0.6) is 0 Å². The molecule has 0 saturated carbocycles. The van der Waals surface area contributed by atoms with Gasteiger partial charge in [0.2, 0.25) is 5.95 Å². The molecule has 1 atom stereocenters. The lowest BCUT2D eigenvalue weighted by atomic mass is 10.0. The first-order valence-electron chi connectivity index (χ1n) is 7.43. The smallest absolute Gasteiger partial charge is 0.338 e. The van der Waals surface area contributed by atoms with E-state index >= 15 is 0 Å². The quantitative estimate of drug-likeness (QED) is 0.852. The predicted molar refractivity (Wildman–Crippen MR) is 76.4 cm³/mol. The van der Waals surface area contributed by atoms with Crippen LogP contribution in [-0.2, 0) is 6.18 Å². The summed E-state index contributed by atoms with van der Waals surface area (Å²) in [6, 6.07) is 3.10. The molecule has 1 fully saturated rings. The van der Waals surface area contributed by atoms with Crippen LogP contribution in [-0.4, -0.2) is 27.5 Å². The van der Waals surface area contributed by atoms with Crippen molar-refractivity contribution in [1.29, 1.82) is 0 Å². The molecule has 0 radical (unpaired) electrons. The van der Waals surface area contributed by atoms with Crippen molar-refractivity contribution in [2.75, 3.05) is 11.4 Å². The van der Waals surface area contributed by atoms with E-state index < -0.39 is 11.9 Å². The lowest BCUT2D eigenvalue weighted by molar-refractivity contribution is -0.141. The molecule has 0 aliphatic carbocycles. The predicted octanol–water partition coefficient (Wildman–Crippen LogP) is 3.46. The molecule has 1 unspecified atom stereocenters. The summed E-state index contributed by atoms with van der Waals surface area (Å²) in [6.07, 6.45) is -2.23. The SMILES string of the molecule is [2H]c1ccc(-c2nc(N3CCC3C)nc(C(F)(F)F)c2C)cn1. The van der Waals surface area contributed by atoms with E-state index in [1.54, 1.807) is 11.0 Å². The fourth-order valence-corrected chi connectivity index (χ4v) is 2.46. The monoisotopic (exact) mass is 309 g/mol. The molecule has 0 N–H and O–H groups in total. The van der Waals surface area contributed by atoms with E-state index in [1.807, 2.05) is 6.92 Å². The van der Waals surface area contributed by atoms with Gasteiger partial charge >= 0.3 is 6.18 Å². The lowest BCUT2D eigenvalue weighted by Crippen LogP contribution is -2.47. The van der Waals surface area contributed by atoms with E-state index in [1.165, 1.54) is 19.2 Å². The molecule has 22 heavy (non-hydrogen) atoms. The third-order valence-electron chi connectivity index (χ3n) is 3.87. The first kappa shape index (κ1) is 13.5. The highest BCUT2D eigenvalue weighted by atomic mass is 19.4. The van der Waals surface area contributed by atoms with Crippen molar-refractivity contribution in [3.05, 3.63) is 35.8 Å². The number of hydrogen-bond donors (Lipinski definition) is 0. The van der Waals surface area contributed by atoms with Crippen LogP contribution in [0, 0.1) is 6.92 Å². The Bertz CT molecular complexity index is 731. The highest BCUT2D eigenvalue weighted by Gasteiger charge is 2.38. The second-order valence-corrected chi connectivity index (χ2v) is 5.35. The first-order valence-corrected chi connectivity index (χ1v) is 6.93. The van der Waals surface area contributed by atoms with Gasteiger partial charge in [-0.05, 0) is 32.4 Å². The number of alkyl halides is 3. The summed E-state index contributed by atoms with van der Waals surface area (Å²) in [4.78, 5) is 13.7. The first-order chi connectivity index (χ1) is 10.8. The van der Waals surface area contributed by atoms with Gasteiger partial charge in [-0.2, -0.15) is 13.2 Å². The molecule has 0 aromatic carbocycles. The summed E-state index contributed by atoms with van der Waals surface area (Å²) in [5, 5.41) is 0. The Hall–Kier alpha value is -2.18. The van der Waals surface area contributed by atoms with Crippen LogP contribution in [0.1, 0.15) is 26.0 Å². The zero-order valence-corrected chi connectivity index (χ0v) is 12.1. The van der Waals surface area contributed by atoms with E-state index in [4.69, 9.17) is 1.37 Å². The maximum Gasteiger partial charge on any atom is 0.433 e. The van der Waals surface area contributed by atoms with Crippen molar-refractivity contribution in [3.63, 3.8) is 0 Å². The molecule has 3 rings (SSSR count). The third kappa shape index (κ3) is 2.51. The summed E-state index contributed by atoms with van der Waals surface area (Å²) in [7, 11) is 0. The van der Waals surface area contributed by atoms with Gasteiger partial charge in [0.25, 0.3) is 0 Å². The largest absolute Gasteiger partial charge is 0.433 e. The molecule has 116 valence electrons. The number of halogens is 3. The van der Waals surface area contributed by atoms with Gasteiger partial charge in [-0.3, -0.25) is 4.98 Å². The molecular formula is C15H15F3N4. The van der Waals surface area contributed by atoms with Crippen molar-refractivity contribution in [1.82, 2.24) is 15.0 Å². The number of anilines is 1. The molecule has 1 aliphatic heterocycles. The average molecular weight is 309 g/mol. The fraction of sp³-hybridized carbons (Fsp3) is 0.400. The number of rotatable bonds is 2. The molecule has 4 nitrogen and oxygen atoms in total. The molecule has 3 heterocycles. The Kier molecular flexibility index (Phi) is 3.20. The van der Waals surface area contributed by atoms with Gasteiger partial charge in [-0.1, -0.05) is 0 Å². The van der Waals surface area contributed by atoms with E-state index in [9.17, 15) is 13.2 Å². The van der Waals surface area contributed by atoms with Crippen molar-refractivity contribution in [2.24, 2.45) is 0 Å². The molecule has 0 bridgehead atoms. The number of hydrogen-bond acceptors (Lipinski definition) is 4. The van der Waals surface area contributed by atoms with Gasteiger partial charge in [0.15, 0.2) is 5.69 Å². The summed E-state index contributed by atoms with van der Waals surface area (Å²) >= 11 is 0. The van der Waals surface area contributed by atoms with Crippen LogP contribution in [0.25, 0.3) is 11.3 Å². The van der Waals surface area contributed by atoms with Crippen LogP contribution in [0.15, 0.2) is 24.5 Å². The minimum Gasteiger partial charge on any atom is -0.338 e. The minimum atomic E-state index is -4.55. The zero-order chi connectivity index (χ0) is 16.8. The van der Waals surface area contributed by atoms with E-state index in [2.05, 4.69) is 15.0 Å². The van der Waals surface area contributed by atoms with E-state index in [0.29, 0.717) is 12.1 Å². The number of aromatic nitrogens is 3. The third-order valence-corrected chi connectivity index (χ3v) is 3.87. The summed E-state index contributed by atoms with van der Waals surface area (Å²) in [6.45, 7) is 3.93. The van der Waals surface area contributed by atoms with Crippen LogP contribution < -0.4 is 4.90 Å². The summed E-state index contributed by atoms with van der Waals surface area (Å²) < 4.78 is 47.3. The van der Waals surface area contributed by atoms with Gasteiger partial charge in [0.1, 0.15) is 0 Å². The summed E-state index contributed by atoms with van der Waals surface area (Å²) in [5.74, 6) is 0.0895. The number of nitrogens with zero attached hydrogens (tertiary/aromatic N) is 4. The second kappa shape index (κ2) is 5.23. The van der Waals surface area contributed by atoms with Crippen molar-refractivity contribution in [3.8, 4) is 11.3 Å². The van der Waals surface area contributed by atoms with Gasteiger partial charge in [0, 0.05) is 36.1 Å². The maximum atomic E-state index is 13.3. The lowest BCUT2D eigenvalue weighted by Gasteiger charge is -2.39. The van der Waals surface area contributed by atoms with E-state index in [-0.39, 0.29) is 29.4 Å². The maximum absolute atomic E-state index is 13.3. The van der Waals surface area contributed by atoms with Gasteiger partial charge in [0.05, 0.1) is 7.06 Å². The van der Waals surface area contributed by atoms with Crippen molar-refractivity contribution >= 4 is 5.95 Å². The second-order valence-electron chi connectivity index (χ2n) is 5.35. The van der Waals surface area contributed by atoms with Crippen LogP contribution in [0.4, 0.5) is 19.1 Å². The molecule has 2 aromatic rings. The molecule has 0 spiro atoms. The van der Waals surface area contributed by atoms with Crippen LogP contribution in [0.2, 0.25) is 0 Å². The van der Waals surface area contributed by atoms with Gasteiger partial charge in [-0.15, -0.1) is 0 Å². The Morgan fingerprint density at radius 2 is 2.14 bits per heavy atom. The summed E-state index contributed by atoms with van der Waals surface area (Å²) in [5.41, 5.74) is -0.310. The Balaban J connectivity index is 2.17. The van der Waals surface area contributed by atoms with Gasteiger partial charge in [-0.25, -0.2) is 9.97 Å². The molecular weight excluding hydrogens is 293 g/mol. The standard InChI is InChI=1S/C15H15F3N4/c1-9-5-7-22(9)14-20-12(11-4-3-6-19-8-11)10(2)13(21-14)15(16,17)18/h3-4,6,8-9H,5,7H2,1-2H3/i6D. The Labute approximate surface area is 127 Å². The molecule has 0 amide bonds. The highest BCUT2D eigenvalue weighted by Crippen LogP contribution is 2.36. The van der Waals surface area contributed by atoms with Gasteiger partial charge < -0.3 is 4.90 Å². The fourth-order valence-electron chi connectivity index (χ4n) is 2.46. The topological polar surface area (TPSA) is 41.9 Å². The highest BCUT2D eigenvalue weighted by molar-refractivity contribution is 5.64. The molecule has 2 aromatic heterocycles. The van der Waals surface area contributed by atoms with Crippen molar-refractivity contribution in [2.45, 2.75) is 32.5 Å². The molecule has 7 heteroatoms. The van der Waals surface area contributed by atoms with Crippen molar-refractivity contribution < 1.29 is 14.5 Å². The minimum absolute atomic E-state index is 0.0334. The number of pyridine rings is 1.